The SMILES string of the molecule is CC1(C(=O)O)CCC(n2ncc(C(=O)N(CC(=O)c3c(Cl)cc(F)cc3Cl)C[C@]34CC[C@@](C)(CC3)C4)c2C(F)(F)F)CC1. The highest BCUT2D eigenvalue weighted by Gasteiger charge is 2.53. The molecule has 43 heavy (non-hydrogen) atoms. The van der Waals surface area contributed by atoms with Gasteiger partial charge < -0.3 is 10.0 Å². The molecule has 7 nitrogen and oxygen atoms in total. The maximum absolute atomic E-state index is 14.6. The topological polar surface area (TPSA) is 92.5 Å². The Balaban J connectivity index is 1.49. The second-order valence-corrected chi connectivity index (χ2v) is 14.1. The zero-order chi connectivity index (χ0) is 31.5. The minimum Gasteiger partial charge on any atom is -0.481 e. The molecular weight excluding hydrogens is 613 g/mol. The van der Waals surface area contributed by atoms with Gasteiger partial charge in [-0.3, -0.25) is 19.1 Å². The van der Waals surface area contributed by atoms with E-state index >= 15 is 0 Å². The molecule has 5 rings (SSSR count). The zero-order valence-electron chi connectivity index (χ0n) is 23.9. The first kappa shape index (κ1) is 31.8. The molecule has 0 radical (unpaired) electrons. The number of amides is 1. The molecule has 0 spiro atoms. The summed E-state index contributed by atoms with van der Waals surface area (Å²) >= 11 is 12.3. The van der Waals surface area contributed by atoms with Gasteiger partial charge in [0.05, 0.1) is 45.4 Å². The van der Waals surface area contributed by atoms with E-state index in [0.29, 0.717) is 0 Å². The Morgan fingerprint density at radius 1 is 1.05 bits per heavy atom. The molecule has 0 atom stereocenters. The van der Waals surface area contributed by atoms with Gasteiger partial charge in [0.2, 0.25) is 0 Å². The molecule has 1 N–H and O–H groups in total. The van der Waals surface area contributed by atoms with Crippen LogP contribution in [0.5, 0.6) is 0 Å². The quantitative estimate of drug-likeness (QED) is 0.233. The molecule has 1 aromatic carbocycles. The summed E-state index contributed by atoms with van der Waals surface area (Å²) in [5.74, 6) is -3.49. The normalized spacial score (nSPS) is 28.7. The predicted molar refractivity (Wildman–Crippen MR) is 151 cm³/mol. The second kappa shape index (κ2) is 11.1. The lowest BCUT2D eigenvalue weighted by molar-refractivity contribution is -0.152. The van der Waals surface area contributed by atoms with Gasteiger partial charge >= 0.3 is 12.1 Å². The second-order valence-electron chi connectivity index (χ2n) is 13.3. The highest BCUT2D eigenvalue weighted by atomic mass is 35.5. The fraction of sp³-hybridized carbons (Fsp3) is 0.600. The van der Waals surface area contributed by atoms with Gasteiger partial charge in [0.25, 0.3) is 5.91 Å². The van der Waals surface area contributed by atoms with Crippen LogP contribution < -0.4 is 0 Å². The first-order valence-corrected chi connectivity index (χ1v) is 15.1. The van der Waals surface area contributed by atoms with Crippen LogP contribution in [-0.2, 0) is 11.0 Å². The summed E-state index contributed by atoms with van der Waals surface area (Å²) in [6, 6.07) is 1.08. The maximum Gasteiger partial charge on any atom is 0.433 e. The molecule has 1 aromatic heterocycles. The van der Waals surface area contributed by atoms with E-state index in [2.05, 4.69) is 12.0 Å². The smallest absolute Gasteiger partial charge is 0.433 e. The van der Waals surface area contributed by atoms with Crippen molar-refractivity contribution in [3.05, 3.63) is 51.0 Å². The van der Waals surface area contributed by atoms with Crippen molar-refractivity contribution in [2.45, 2.75) is 83.9 Å². The van der Waals surface area contributed by atoms with Crippen molar-refractivity contribution in [2.75, 3.05) is 13.1 Å². The minimum absolute atomic E-state index is 0.0620. The predicted octanol–water partition coefficient (Wildman–Crippen LogP) is 7.85. The van der Waals surface area contributed by atoms with E-state index in [4.69, 9.17) is 23.2 Å². The number of carbonyl (C=O) groups is 3. The fourth-order valence-electron chi connectivity index (χ4n) is 7.47. The number of benzene rings is 1. The van der Waals surface area contributed by atoms with E-state index in [9.17, 15) is 37.1 Å². The monoisotopic (exact) mass is 645 g/mol. The Hall–Kier alpha value is -2.66. The largest absolute Gasteiger partial charge is 0.481 e. The number of ketones is 1. The third-order valence-corrected chi connectivity index (χ3v) is 10.6. The van der Waals surface area contributed by atoms with Crippen LogP contribution in [0.4, 0.5) is 17.6 Å². The number of alkyl halides is 3. The third-order valence-electron chi connectivity index (χ3n) is 9.97. The van der Waals surface area contributed by atoms with E-state index in [0.717, 1.165) is 60.0 Å². The number of carboxylic acids is 1. The van der Waals surface area contributed by atoms with Crippen LogP contribution in [0.2, 0.25) is 10.0 Å². The Bertz CT molecular complexity index is 1430. The van der Waals surface area contributed by atoms with Crippen LogP contribution in [0.15, 0.2) is 18.3 Å². The number of rotatable bonds is 8. The van der Waals surface area contributed by atoms with Crippen LogP contribution in [0.1, 0.15) is 104 Å². The Morgan fingerprint density at radius 2 is 1.63 bits per heavy atom. The number of aromatic nitrogens is 2. The van der Waals surface area contributed by atoms with Gasteiger partial charge in [-0.15, -0.1) is 0 Å². The molecule has 3 fully saturated rings. The number of carboxylic acid groups (broad SMARTS) is 1. The lowest BCUT2D eigenvalue weighted by atomic mass is 9.74. The molecule has 1 heterocycles. The summed E-state index contributed by atoms with van der Waals surface area (Å²) in [6.45, 7) is 3.18. The molecule has 3 saturated carbocycles. The summed E-state index contributed by atoms with van der Waals surface area (Å²) in [5, 5.41) is 13.0. The van der Waals surface area contributed by atoms with Gasteiger partial charge in [-0.2, -0.15) is 18.3 Å². The number of hydrogen-bond acceptors (Lipinski definition) is 4. The highest BCUT2D eigenvalue weighted by molar-refractivity contribution is 6.40. The molecule has 0 saturated heterocycles. The number of halogens is 6. The molecule has 2 bridgehead atoms. The van der Waals surface area contributed by atoms with E-state index in [1.165, 1.54) is 0 Å². The molecule has 3 aliphatic rings. The van der Waals surface area contributed by atoms with Crippen molar-refractivity contribution in [3.63, 3.8) is 0 Å². The molecule has 0 unspecified atom stereocenters. The lowest BCUT2D eigenvalue weighted by Gasteiger charge is -2.35. The van der Waals surface area contributed by atoms with E-state index in [-0.39, 0.29) is 58.7 Å². The van der Waals surface area contributed by atoms with Gasteiger partial charge in [-0.25, -0.2) is 4.39 Å². The average molecular weight is 647 g/mol. The number of hydrogen-bond donors (Lipinski definition) is 1. The van der Waals surface area contributed by atoms with E-state index < -0.39 is 58.9 Å². The molecule has 1 amide bonds. The number of nitrogens with zero attached hydrogens (tertiary/aromatic N) is 3. The van der Waals surface area contributed by atoms with Crippen molar-refractivity contribution in [3.8, 4) is 0 Å². The van der Waals surface area contributed by atoms with Gasteiger partial charge in [-0.05, 0) is 87.7 Å². The van der Waals surface area contributed by atoms with Crippen LogP contribution in [0.3, 0.4) is 0 Å². The Kier molecular flexibility index (Phi) is 8.16. The average Bonchev–Trinajstić information content (AvgIpc) is 3.58. The highest BCUT2D eigenvalue weighted by Crippen LogP contribution is 2.61. The van der Waals surface area contributed by atoms with E-state index in [1.54, 1.807) is 6.92 Å². The van der Waals surface area contributed by atoms with Crippen LogP contribution in [-0.4, -0.2) is 50.5 Å². The van der Waals surface area contributed by atoms with Gasteiger partial charge in [0.1, 0.15) is 5.82 Å². The number of aliphatic carboxylic acids is 1. The first-order chi connectivity index (χ1) is 20.0. The van der Waals surface area contributed by atoms with Crippen LogP contribution in [0, 0.1) is 22.1 Å². The molecule has 3 aliphatic carbocycles. The van der Waals surface area contributed by atoms with Crippen molar-refractivity contribution in [1.29, 1.82) is 0 Å². The number of Topliss-reactive ketones (excluding diaryl/α,β-unsaturated/α-hetero) is 1. The third kappa shape index (κ3) is 6.03. The summed E-state index contributed by atoms with van der Waals surface area (Å²) in [4.78, 5) is 40.3. The molecule has 0 aliphatic heterocycles. The Morgan fingerprint density at radius 3 is 2.12 bits per heavy atom. The van der Waals surface area contributed by atoms with Crippen LogP contribution >= 0.6 is 23.2 Å². The van der Waals surface area contributed by atoms with E-state index in [1.807, 2.05) is 0 Å². The summed E-state index contributed by atoms with van der Waals surface area (Å²) in [7, 11) is 0. The lowest BCUT2D eigenvalue weighted by Crippen LogP contribution is -2.43. The molecule has 13 heteroatoms. The van der Waals surface area contributed by atoms with Gasteiger partial charge in [0.15, 0.2) is 11.5 Å². The number of fused-ring (bicyclic) bond motifs is 2. The standard InChI is InChI=1S/C30H33Cl2F4N3O4/c1-27-7-9-29(15-27,10-8-27)16-38(14-22(40)23-20(31)11-17(33)12-21(23)32)25(41)19-13-37-39(24(19)30(34,35)36)18-3-5-28(2,6-4-18)26(42)43/h11-13,18H,3-10,14-16H2,1-2H3,(H,42,43)/t18?,27-,28?,29+. The Labute approximate surface area is 256 Å². The number of carbonyl (C=O) groups excluding carboxylic acids is 2. The molecule has 234 valence electrons. The summed E-state index contributed by atoms with van der Waals surface area (Å²) in [5.41, 5.74) is -3.43. The first-order valence-electron chi connectivity index (χ1n) is 14.3. The summed E-state index contributed by atoms with van der Waals surface area (Å²) < 4.78 is 58.4. The zero-order valence-corrected chi connectivity index (χ0v) is 25.4. The fourth-order valence-corrected chi connectivity index (χ4v) is 8.14. The maximum atomic E-state index is 14.6. The molecular formula is C30H33Cl2F4N3O4. The minimum atomic E-state index is -4.95. The van der Waals surface area contributed by atoms with Gasteiger partial charge in [-0.1, -0.05) is 30.1 Å². The van der Waals surface area contributed by atoms with Crippen molar-refractivity contribution in [2.24, 2.45) is 16.2 Å². The van der Waals surface area contributed by atoms with Crippen molar-refractivity contribution in [1.82, 2.24) is 14.7 Å². The van der Waals surface area contributed by atoms with Crippen molar-refractivity contribution >= 4 is 40.9 Å². The molecule has 2 aromatic rings. The summed E-state index contributed by atoms with van der Waals surface area (Å²) in [6.07, 6.45) is 0.712. The van der Waals surface area contributed by atoms with Crippen molar-refractivity contribution < 1.29 is 37.1 Å². The van der Waals surface area contributed by atoms with Crippen LogP contribution in [0.25, 0.3) is 0 Å². The van der Waals surface area contributed by atoms with Gasteiger partial charge in [0, 0.05) is 6.54 Å².